The zero-order valence-corrected chi connectivity index (χ0v) is 9.22. The molecule has 0 bridgehead atoms. The third-order valence-corrected chi connectivity index (χ3v) is 2.14. The summed E-state index contributed by atoms with van der Waals surface area (Å²) in [6.45, 7) is 0. The van der Waals surface area contributed by atoms with Crippen molar-refractivity contribution in [2.75, 3.05) is 5.06 Å². The predicted octanol–water partition coefficient (Wildman–Crippen LogP) is 2.06. The summed E-state index contributed by atoms with van der Waals surface area (Å²) in [7, 11) is 0. The maximum absolute atomic E-state index is 11.4. The topological polar surface area (TPSA) is 46.6 Å². The minimum atomic E-state index is -0.521. The van der Waals surface area contributed by atoms with Crippen molar-refractivity contribution in [3.8, 4) is 0 Å². The number of hydrogen-bond donors (Lipinski definition) is 0. The highest BCUT2D eigenvalue weighted by Gasteiger charge is 2.29. The first-order valence-corrected chi connectivity index (χ1v) is 5.04. The number of nitrogens with zero attached hydrogens (tertiary/aromatic N) is 1. The molecular formula is C9H6INO3. The van der Waals surface area contributed by atoms with Gasteiger partial charge < -0.3 is 4.84 Å². The van der Waals surface area contributed by atoms with Crippen molar-refractivity contribution in [1.82, 2.24) is 0 Å². The fourth-order valence-electron chi connectivity index (χ4n) is 1.40. The van der Waals surface area contributed by atoms with Crippen molar-refractivity contribution in [3.05, 3.63) is 29.8 Å². The third kappa shape index (κ3) is 1.59. The molecule has 1 heterocycles. The van der Waals surface area contributed by atoms with Gasteiger partial charge in [-0.05, 0) is 11.6 Å². The molecule has 0 aliphatic carbocycles. The summed E-state index contributed by atoms with van der Waals surface area (Å²) in [5.41, 5.74) is 1.54. The standard InChI is InChI=1S/C9H6INO3/c10-9(13)14-11-7-4-2-1-3-6(7)5-8(11)12/h1-4H,5H2. The lowest BCUT2D eigenvalue weighted by molar-refractivity contribution is -0.121. The van der Waals surface area contributed by atoms with Gasteiger partial charge in [0.1, 0.15) is 0 Å². The maximum Gasteiger partial charge on any atom is 0.391 e. The van der Waals surface area contributed by atoms with E-state index in [9.17, 15) is 9.59 Å². The smallest absolute Gasteiger partial charge is 0.323 e. The maximum atomic E-state index is 11.4. The van der Waals surface area contributed by atoms with Crippen molar-refractivity contribution in [2.24, 2.45) is 0 Å². The van der Waals surface area contributed by atoms with Gasteiger partial charge in [0.05, 0.1) is 34.7 Å². The van der Waals surface area contributed by atoms with Crippen LogP contribution in [0.1, 0.15) is 5.56 Å². The Morgan fingerprint density at radius 2 is 2.14 bits per heavy atom. The van der Waals surface area contributed by atoms with Gasteiger partial charge >= 0.3 is 3.98 Å². The van der Waals surface area contributed by atoms with E-state index in [0.29, 0.717) is 12.1 Å². The summed E-state index contributed by atoms with van der Waals surface area (Å²) in [6.07, 6.45) is 0.292. The summed E-state index contributed by atoms with van der Waals surface area (Å²) in [5, 5.41) is 1.05. The Morgan fingerprint density at radius 1 is 1.43 bits per heavy atom. The number of para-hydroxylation sites is 1. The average Bonchev–Trinajstić information content (AvgIpc) is 2.43. The van der Waals surface area contributed by atoms with Crippen molar-refractivity contribution >= 4 is 38.2 Å². The Bertz CT molecular complexity index is 405. The van der Waals surface area contributed by atoms with Crippen LogP contribution in [0.3, 0.4) is 0 Å². The molecule has 0 fully saturated rings. The van der Waals surface area contributed by atoms with E-state index in [4.69, 9.17) is 4.84 Å². The first kappa shape index (κ1) is 9.45. The van der Waals surface area contributed by atoms with Crippen LogP contribution in [0.4, 0.5) is 10.5 Å². The summed E-state index contributed by atoms with van der Waals surface area (Å²) in [5.74, 6) is -0.212. The van der Waals surface area contributed by atoms with E-state index < -0.39 is 3.98 Å². The van der Waals surface area contributed by atoms with E-state index in [1.54, 1.807) is 12.1 Å². The van der Waals surface area contributed by atoms with Crippen LogP contribution in [0.15, 0.2) is 24.3 Å². The van der Waals surface area contributed by atoms with Gasteiger partial charge in [0.25, 0.3) is 5.91 Å². The highest BCUT2D eigenvalue weighted by molar-refractivity contribution is 14.1. The normalized spacial score (nSPS) is 14.1. The summed E-state index contributed by atoms with van der Waals surface area (Å²) < 4.78 is -0.521. The molecule has 1 aliphatic rings. The Labute approximate surface area is 93.9 Å². The number of hydrogen-bond acceptors (Lipinski definition) is 3. The number of anilines is 1. The summed E-state index contributed by atoms with van der Waals surface area (Å²) in [4.78, 5) is 26.9. The Kier molecular flexibility index (Phi) is 2.40. The molecular weight excluding hydrogens is 297 g/mol. The van der Waals surface area contributed by atoms with Gasteiger partial charge in [-0.15, -0.1) is 5.06 Å². The van der Waals surface area contributed by atoms with Crippen molar-refractivity contribution in [3.63, 3.8) is 0 Å². The number of carbonyl (C=O) groups is 2. The Morgan fingerprint density at radius 3 is 2.86 bits per heavy atom. The minimum absolute atomic E-state index is 0.212. The van der Waals surface area contributed by atoms with Gasteiger partial charge in [-0.2, -0.15) is 0 Å². The van der Waals surface area contributed by atoms with Gasteiger partial charge in [-0.1, -0.05) is 18.2 Å². The molecule has 1 aromatic rings. The lowest BCUT2D eigenvalue weighted by Gasteiger charge is -2.13. The van der Waals surface area contributed by atoms with E-state index in [2.05, 4.69) is 0 Å². The molecule has 1 amide bonds. The van der Waals surface area contributed by atoms with Crippen molar-refractivity contribution in [1.29, 1.82) is 0 Å². The fourth-order valence-corrected chi connectivity index (χ4v) is 1.60. The third-order valence-electron chi connectivity index (χ3n) is 1.94. The van der Waals surface area contributed by atoms with E-state index in [1.807, 2.05) is 12.1 Å². The second-order valence-electron chi connectivity index (χ2n) is 2.82. The predicted molar refractivity (Wildman–Crippen MR) is 58.1 cm³/mol. The number of amides is 1. The molecule has 2 rings (SSSR count). The molecule has 14 heavy (non-hydrogen) atoms. The molecule has 0 radical (unpaired) electrons. The van der Waals surface area contributed by atoms with Crippen LogP contribution < -0.4 is 5.06 Å². The molecule has 1 aromatic carbocycles. The second-order valence-corrected chi connectivity index (χ2v) is 3.70. The number of rotatable bonds is 1. The van der Waals surface area contributed by atoms with Crippen LogP contribution in [0.2, 0.25) is 0 Å². The van der Waals surface area contributed by atoms with Crippen LogP contribution in [0.25, 0.3) is 0 Å². The number of benzene rings is 1. The molecule has 0 atom stereocenters. The molecule has 0 aromatic heterocycles. The first-order chi connectivity index (χ1) is 6.68. The number of fused-ring (bicyclic) bond motifs is 1. The molecule has 4 nitrogen and oxygen atoms in total. The molecule has 72 valence electrons. The number of carbonyl (C=O) groups excluding carboxylic acids is 2. The van der Waals surface area contributed by atoms with E-state index in [-0.39, 0.29) is 5.91 Å². The Hall–Kier alpha value is -1.11. The second kappa shape index (κ2) is 3.56. The molecule has 5 heteroatoms. The van der Waals surface area contributed by atoms with Gasteiger partial charge in [-0.3, -0.25) is 4.79 Å². The zero-order chi connectivity index (χ0) is 10.1. The largest absolute Gasteiger partial charge is 0.391 e. The lowest BCUT2D eigenvalue weighted by atomic mass is 10.2. The number of halogens is 1. The highest BCUT2D eigenvalue weighted by atomic mass is 127. The van der Waals surface area contributed by atoms with Crippen molar-refractivity contribution in [2.45, 2.75) is 6.42 Å². The first-order valence-electron chi connectivity index (χ1n) is 3.97. The van der Waals surface area contributed by atoms with E-state index >= 15 is 0 Å². The van der Waals surface area contributed by atoms with E-state index in [0.717, 1.165) is 10.6 Å². The highest BCUT2D eigenvalue weighted by Crippen LogP contribution is 2.28. The van der Waals surface area contributed by atoms with Crippen LogP contribution in [-0.4, -0.2) is 9.88 Å². The van der Waals surface area contributed by atoms with Gasteiger partial charge in [0.15, 0.2) is 0 Å². The van der Waals surface area contributed by atoms with Crippen LogP contribution in [0.5, 0.6) is 0 Å². The van der Waals surface area contributed by atoms with Gasteiger partial charge in [-0.25, -0.2) is 4.79 Å². The zero-order valence-electron chi connectivity index (χ0n) is 7.07. The average molecular weight is 303 g/mol. The SMILES string of the molecule is O=C(I)ON1C(=O)Cc2ccccc21. The fraction of sp³-hybridized carbons (Fsp3) is 0.111. The molecule has 0 N–H and O–H groups in total. The lowest BCUT2D eigenvalue weighted by Crippen LogP contribution is -2.27. The van der Waals surface area contributed by atoms with Crippen LogP contribution in [-0.2, 0) is 16.1 Å². The molecule has 0 spiro atoms. The van der Waals surface area contributed by atoms with Crippen LogP contribution in [0, 0.1) is 0 Å². The summed E-state index contributed by atoms with van der Waals surface area (Å²) in [6, 6.07) is 7.24. The molecule has 0 saturated carbocycles. The molecule has 0 unspecified atom stereocenters. The van der Waals surface area contributed by atoms with Gasteiger partial charge in [0.2, 0.25) is 0 Å². The van der Waals surface area contributed by atoms with E-state index in [1.165, 1.54) is 22.6 Å². The number of hydroxylamine groups is 1. The molecule has 0 saturated heterocycles. The van der Waals surface area contributed by atoms with Crippen molar-refractivity contribution < 1.29 is 14.4 Å². The summed E-state index contributed by atoms with van der Waals surface area (Å²) >= 11 is 1.49. The molecule has 1 aliphatic heterocycles. The van der Waals surface area contributed by atoms with Gasteiger partial charge in [0, 0.05) is 0 Å². The minimum Gasteiger partial charge on any atom is -0.323 e. The monoisotopic (exact) mass is 303 g/mol. The quantitative estimate of drug-likeness (QED) is 0.589. The Balaban J connectivity index is 2.34. The van der Waals surface area contributed by atoms with Crippen LogP contribution >= 0.6 is 22.6 Å².